The highest BCUT2D eigenvalue weighted by atomic mass is 16.5. The van der Waals surface area contributed by atoms with Gasteiger partial charge in [-0.2, -0.15) is 0 Å². The quantitative estimate of drug-likeness (QED) is 0.406. The molecule has 1 aromatic carbocycles. The average molecular weight is 388 g/mol. The van der Waals surface area contributed by atoms with Gasteiger partial charge in [-0.3, -0.25) is 9.89 Å². The summed E-state index contributed by atoms with van der Waals surface area (Å²) in [5.41, 5.74) is 1.37. The second-order valence-corrected chi connectivity index (χ2v) is 8.21. The first-order valence-electron chi connectivity index (χ1n) is 10.7. The van der Waals surface area contributed by atoms with Crippen molar-refractivity contribution in [2.75, 3.05) is 59.5 Å². The van der Waals surface area contributed by atoms with Crippen molar-refractivity contribution in [3.63, 3.8) is 0 Å². The van der Waals surface area contributed by atoms with E-state index in [1.807, 2.05) is 7.05 Å². The fraction of sp³-hybridized carbons (Fsp3) is 0.682. The van der Waals surface area contributed by atoms with Crippen LogP contribution in [-0.2, 0) is 11.3 Å². The number of rotatable bonds is 8. The summed E-state index contributed by atoms with van der Waals surface area (Å²) in [7, 11) is 1.83. The third-order valence-corrected chi connectivity index (χ3v) is 5.81. The first-order valence-corrected chi connectivity index (χ1v) is 10.7. The van der Waals surface area contributed by atoms with E-state index in [9.17, 15) is 0 Å². The number of hydrogen-bond donors (Lipinski definition) is 2. The van der Waals surface area contributed by atoms with Gasteiger partial charge in [0.05, 0.1) is 5.60 Å². The predicted molar refractivity (Wildman–Crippen MR) is 116 cm³/mol. The van der Waals surface area contributed by atoms with Crippen LogP contribution in [0.1, 0.15) is 31.7 Å². The van der Waals surface area contributed by atoms with Crippen molar-refractivity contribution < 1.29 is 4.74 Å². The van der Waals surface area contributed by atoms with Crippen molar-refractivity contribution in [1.82, 2.24) is 20.4 Å². The molecule has 2 heterocycles. The van der Waals surface area contributed by atoms with E-state index in [-0.39, 0.29) is 5.60 Å². The molecular weight excluding hydrogens is 350 g/mol. The Bertz CT molecular complexity index is 592. The maximum absolute atomic E-state index is 5.83. The highest BCUT2D eigenvalue weighted by Crippen LogP contribution is 2.23. The van der Waals surface area contributed by atoms with E-state index in [1.165, 1.54) is 5.56 Å². The molecule has 6 heteroatoms. The van der Waals surface area contributed by atoms with E-state index in [0.29, 0.717) is 0 Å². The smallest absolute Gasteiger partial charge is 0.191 e. The highest BCUT2D eigenvalue weighted by Gasteiger charge is 2.29. The molecular formula is C22H37N5O. The lowest BCUT2D eigenvalue weighted by molar-refractivity contribution is 0.0243. The van der Waals surface area contributed by atoms with Gasteiger partial charge in [-0.1, -0.05) is 30.3 Å². The van der Waals surface area contributed by atoms with Crippen LogP contribution in [0.5, 0.6) is 0 Å². The fourth-order valence-corrected chi connectivity index (χ4v) is 3.99. The van der Waals surface area contributed by atoms with Crippen LogP contribution in [0.2, 0.25) is 0 Å². The monoisotopic (exact) mass is 387 g/mol. The minimum absolute atomic E-state index is 0.0446. The van der Waals surface area contributed by atoms with Gasteiger partial charge in [0.25, 0.3) is 0 Å². The van der Waals surface area contributed by atoms with Gasteiger partial charge >= 0.3 is 0 Å². The number of guanidine groups is 1. The van der Waals surface area contributed by atoms with Crippen molar-refractivity contribution in [1.29, 1.82) is 0 Å². The number of ether oxygens (including phenoxy) is 1. The van der Waals surface area contributed by atoms with Crippen LogP contribution in [-0.4, -0.2) is 80.8 Å². The van der Waals surface area contributed by atoms with Gasteiger partial charge in [-0.15, -0.1) is 0 Å². The average Bonchev–Trinajstić information content (AvgIpc) is 3.16. The number of hydrogen-bond acceptors (Lipinski definition) is 4. The standard InChI is InChI=1S/C22H37N5O/c1-22(10-6-17-28-22)19-25-21(23-2)24-11-7-12-26-13-15-27(16-14-26)18-20-8-4-3-5-9-20/h3-5,8-9H,6-7,10-19H2,1-2H3,(H2,23,24,25). The Morgan fingerprint density at radius 3 is 2.54 bits per heavy atom. The Balaban J connectivity index is 1.26. The molecule has 0 radical (unpaired) electrons. The van der Waals surface area contributed by atoms with Crippen LogP contribution >= 0.6 is 0 Å². The summed E-state index contributed by atoms with van der Waals surface area (Å²) < 4.78 is 5.83. The van der Waals surface area contributed by atoms with Gasteiger partial charge in [0.2, 0.25) is 0 Å². The Morgan fingerprint density at radius 2 is 1.86 bits per heavy atom. The van der Waals surface area contributed by atoms with E-state index < -0.39 is 0 Å². The van der Waals surface area contributed by atoms with Crippen molar-refractivity contribution >= 4 is 5.96 Å². The third kappa shape index (κ3) is 6.76. The van der Waals surface area contributed by atoms with Gasteiger partial charge in [0.15, 0.2) is 5.96 Å². The van der Waals surface area contributed by atoms with Crippen LogP contribution < -0.4 is 10.6 Å². The third-order valence-electron chi connectivity index (χ3n) is 5.81. The minimum atomic E-state index is -0.0446. The second-order valence-electron chi connectivity index (χ2n) is 8.21. The van der Waals surface area contributed by atoms with E-state index in [4.69, 9.17) is 4.74 Å². The van der Waals surface area contributed by atoms with E-state index in [1.54, 1.807) is 0 Å². The molecule has 2 fully saturated rings. The van der Waals surface area contributed by atoms with Crippen LogP contribution in [0.3, 0.4) is 0 Å². The SMILES string of the molecule is CN=C(NCCCN1CCN(Cc2ccccc2)CC1)NCC1(C)CCCO1. The molecule has 0 bridgehead atoms. The zero-order valence-corrected chi connectivity index (χ0v) is 17.6. The summed E-state index contributed by atoms with van der Waals surface area (Å²) in [5, 5.41) is 6.85. The Kier molecular flexibility index (Phi) is 8.13. The molecule has 156 valence electrons. The summed E-state index contributed by atoms with van der Waals surface area (Å²) in [6, 6.07) is 10.8. The normalized spacial score (nSPS) is 24.4. The summed E-state index contributed by atoms with van der Waals surface area (Å²) in [4.78, 5) is 9.47. The Hall–Kier alpha value is -1.63. The summed E-state index contributed by atoms with van der Waals surface area (Å²) in [6.07, 6.45) is 3.41. The Labute approximate surface area is 170 Å². The van der Waals surface area contributed by atoms with Crippen LogP contribution in [0.4, 0.5) is 0 Å². The lowest BCUT2D eigenvalue weighted by atomic mass is 10.0. The van der Waals surface area contributed by atoms with Crippen molar-refractivity contribution in [2.24, 2.45) is 4.99 Å². The minimum Gasteiger partial charge on any atom is -0.373 e. The molecule has 2 N–H and O–H groups in total. The Morgan fingerprint density at radius 1 is 1.11 bits per heavy atom. The van der Waals surface area contributed by atoms with Crippen LogP contribution in [0, 0.1) is 0 Å². The molecule has 1 aromatic rings. The van der Waals surface area contributed by atoms with Gasteiger partial charge in [-0.25, -0.2) is 0 Å². The van der Waals surface area contributed by atoms with E-state index in [0.717, 1.165) is 84.2 Å². The molecule has 1 unspecified atom stereocenters. The van der Waals surface area contributed by atoms with E-state index in [2.05, 4.69) is 62.7 Å². The highest BCUT2D eigenvalue weighted by molar-refractivity contribution is 5.79. The molecule has 28 heavy (non-hydrogen) atoms. The van der Waals surface area contributed by atoms with Crippen molar-refractivity contribution in [3.8, 4) is 0 Å². The van der Waals surface area contributed by atoms with Crippen LogP contribution in [0.25, 0.3) is 0 Å². The largest absolute Gasteiger partial charge is 0.373 e. The molecule has 0 saturated carbocycles. The van der Waals surface area contributed by atoms with E-state index >= 15 is 0 Å². The second kappa shape index (κ2) is 10.8. The molecule has 2 aliphatic heterocycles. The van der Waals surface area contributed by atoms with Crippen molar-refractivity contribution in [2.45, 2.75) is 38.3 Å². The van der Waals surface area contributed by atoms with Gasteiger partial charge in [-0.05, 0) is 38.3 Å². The molecule has 0 amide bonds. The summed E-state index contributed by atoms with van der Waals surface area (Å²) in [5.74, 6) is 0.879. The number of benzene rings is 1. The fourth-order valence-electron chi connectivity index (χ4n) is 3.99. The lowest BCUT2D eigenvalue weighted by Gasteiger charge is -2.34. The predicted octanol–water partition coefficient (Wildman–Crippen LogP) is 1.93. The molecule has 0 aromatic heterocycles. The number of piperazine rings is 1. The summed E-state index contributed by atoms with van der Waals surface area (Å²) in [6.45, 7) is 11.7. The van der Waals surface area contributed by atoms with Crippen LogP contribution in [0.15, 0.2) is 35.3 Å². The molecule has 6 nitrogen and oxygen atoms in total. The molecule has 0 aliphatic carbocycles. The maximum Gasteiger partial charge on any atom is 0.191 e. The first kappa shape index (κ1) is 21.1. The molecule has 3 rings (SSSR count). The first-order chi connectivity index (χ1) is 13.7. The number of aliphatic imine (C=N–C) groups is 1. The topological polar surface area (TPSA) is 52.1 Å². The van der Waals surface area contributed by atoms with Gasteiger partial charge in [0.1, 0.15) is 0 Å². The maximum atomic E-state index is 5.83. The number of nitrogens with zero attached hydrogens (tertiary/aromatic N) is 3. The van der Waals surface area contributed by atoms with Crippen molar-refractivity contribution in [3.05, 3.63) is 35.9 Å². The zero-order valence-electron chi connectivity index (χ0n) is 17.6. The lowest BCUT2D eigenvalue weighted by Crippen LogP contribution is -2.47. The molecule has 1 atom stereocenters. The molecule has 2 saturated heterocycles. The molecule has 2 aliphatic rings. The number of nitrogens with one attached hydrogen (secondary N) is 2. The zero-order chi connectivity index (χ0) is 19.7. The van der Waals surface area contributed by atoms with Gasteiger partial charge in [0, 0.05) is 59.5 Å². The summed E-state index contributed by atoms with van der Waals surface area (Å²) >= 11 is 0. The molecule has 0 spiro atoms. The van der Waals surface area contributed by atoms with Gasteiger partial charge < -0.3 is 20.3 Å².